The molecule has 0 aliphatic carbocycles. The Hall–Kier alpha value is 2.09. The molecule has 2 N–H and O–H groups in total. The maximum atomic E-state index is 8.65. The van der Waals surface area contributed by atoms with Crippen LogP contribution in [0.1, 0.15) is 0 Å². The van der Waals surface area contributed by atoms with Gasteiger partial charge in [0.25, 0.3) is 0 Å². The van der Waals surface area contributed by atoms with Crippen LogP contribution in [-0.2, 0) is 0 Å². The number of phenols is 2. The summed E-state index contributed by atoms with van der Waals surface area (Å²) in [6.45, 7) is 0. The number of hydrogen-bond acceptors (Lipinski definition) is 2. The van der Waals surface area contributed by atoms with E-state index in [-0.39, 0.29) is 114 Å². The molecule has 0 aromatic heterocycles. The van der Waals surface area contributed by atoms with Gasteiger partial charge in [0.15, 0.2) is 0 Å². The second-order valence-corrected chi connectivity index (χ2v) is 1.52. The second-order valence-electron chi connectivity index (χ2n) is 1.52. The first kappa shape index (κ1) is 14.6. The van der Waals surface area contributed by atoms with Crippen LogP contribution in [0.4, 0.5) is 0 Å². The Morgan fingerprint density at radius 2 is 1.30 bits per heavy atom. The normalized spacial score (nSPS) is 7.20. The van der Waals surface area contributed by atoms with Crippen LogP contribution >= 0.6 is 0 Å². The SMILES string of the molecule is Oc1cccc(O)c1.[KH].[KH]. The van der Waals surface area contributed by atoms with Gasteiger partial charge >= 0.3 is 103 Å². The van der Waals surface area contributed by atoms with Gasteiger partial charge in [0, 0.05) is 6.07 Å². The van der Waals surface area contributed by atoms with Crippen LogP contribution in [0.2, 0.25) is 0 Å². The topological polar surface area (TPSA) is 40.5 Å². The third-order valence-corrected chi connectivity index (χ3v) is 0.830. The van der Waals surface area contributed by atoms with E-state index in [0.717, 1.165) is 0 Å². The molecule has 1 aromatic carbocycles. The Labute approximate surface area is 145 Å². The van der Waals surface area contributed by atoms with E-state index in [1.807, 2.05) is 0 Å². The fourth-order valence-corrected chi connectivity index (χ4v) is 0.493. The van der Waals surface area contributed by atoms with Crippen molar-refractivity contribution < 1.29 is 10.2 Å². The van der Waals surface area contributed by atoms with Crippen LogP contribution in [0.3, 0.4) is 0 Å². The van der Waals surface area contributed by atoms with Crippen LogP contribution in [0.15, 0.2) is 24.3 Å². The van der Waals surface area contributed by atoms with E-state index < -0.39 is 0 Å². The zero-order valence-corrected chi connectivity index (χ0v) is 4.20. The van der Waals surface area contributed by atoms with E-state index in [2.05, 4.69) is 0 Å². The van der Waals surface area contributed by atoms with Crippen LogP contribution in [0.5, 0.6) is 11.5 Å². The molecule has 1 rings (SSSR count). The van der Waals surface area contributed by atoms with Crippen molar-refractivity contribution in [2.24, 2.45) is 0 Å². The molecule has 2 nitrogen and oxygen atoms in total. The Morgan fingerprint density at radius 1 is 0.900 bits per heavy atom. The summed E-state index contributed by atoms with van der Waals surface area (Å²) in [6.07, 6.45) is 0. The summed E-state index contributed by atoms with van der Waals surface area (Å²) < 4.78 is 0. The maximum absolute atomic E-state index is 8.65. The van der Waals surface area contributed by atoms with Gasteiger partial charge in [0.2, 0.25) is 0 Å². The van der Waals surface area contributed by atoms with E-state index in [4.69, 9.17) is 10.2 Å². The fourth-order valence-electron chi connectivity index (χ4n) is 0.493. The zero-order chi connectivity index (χ0) is 5.98. The number of phenolic OH excluding ortho intramolecular Hbond substituents is 2. The van der Waals surface area contributed by atoms with Gasteiger partial charge in [-0.25, -0.2) is 0 Å². The van der Waals surface area contributed by atoms with Crippen LogP contribution in [0, 0.1) is 0 Å². The van der Waals surface area contributed by atoms with E-state index in [9.17, 15) is 0 Å². The molecule has 0 aliphatic heterocycles. The third-order valence-electron chi connectivity index (χ3n) is 0.830. The summed E-state index contributed by atoms with van der Waals surface area (Å²) in [5.41, 5.74) is 0. The van der Waals surface area contributed by atoms with Crippen LogP contribution < -0.4 is 0 Å². The molecule has 46 valence electrons. The minimum absolute atomic E-state index is 0. The van der Waals surface area contributed by atoms with E-state index in [1.165, 1.54) is 18.2 Å². The molecule has 1 aromatic rings. The summed E-state index contributed by atoms with van der Waals surface area (Å²) >= 11 is 0. The predicted octanol–water partition coefficient (Wildman–Crippen LogP) is -0.199. The number of rotatable bonds is 0. The Balaban J connectivity index is 0. The van der Waals surface area contributed by atoms with E-state index in [1.54, 1.807) is 6.07 Å². The molecule has 0 aliphatic rings. The van der Waals surface area contributed by atoms with Gasteiger partial charge < -0.3 is 10.2 Å². The van der Waals surface area contributed by atoms with Gasteiger partial charge in [0.1, 0.15) is 11.5 Å². The van der Waals surface area contributed by atoms with Gasteiger partial charge in [-0.05, 0) is 12.1 Å². The predicted molar refractivity (Wildman–Crippen MR) is 44.1 cm³/mol. The quantitative estimate of drug-likeness (QED) is 0.556. The van der Waals surface area contributed by atoms with Crippen LogP contribution in [-0.4, -0.2) is 113 Å². The van der Waals surface area contributed by atoms with Crippen molar-refractivity contribution in [1.82, 2.24) is 0 Å². The van der Waals surface area contributed by atoms with Gasteiger partial charge in [-0.1, -0.05) is 6.07 Å². The first-order chi connectivity index (χ1) is 3.79. The Bertz CT molecular complexity index is 174. The van der Waals surface area contributed by atoms with Crippen molar-refractivity contribution in [3.05, 3.63) is 24.3 Å². The molecule has 0 bridgehead atoms. The van der Waals surface area contributed by atoms with Crippen molar-refractivity contribution in [3.63, 3.8) is 0 Å². The van der Waals surface area contributed by atoms with Crippen LogP contribution in [0.25, 0.3) is 0 Å². The molecule has 4 heteroatoms. The Kier molecular flexibility index (Phi) is 11.3. The average molecular weight is 190 g/mol. The molecular weight excluding hydrogens is 182 g/mol. The molecule has 0 saturated carbocycles. The molecule has 0 fully saturated rings. The van der Waals surface area contributed by atoms with Crippen molar-refractivity contribution in [2.75, 3.05) is 0 Å². The third kappa shape index (κ3) is 5.71. The van der Waals surface area contributed by atoms with Gasteiger partial charge in [0.05, 0.1) is 0 Å². The Morgan fingerprint density at radius 3 is 1.50 bits per heavy atom. The number of benzene rings is 1. The van der Waals surface area contributed by atoms with Gasteiger partial charge in [-0.2, -0.15) is 0 Å². The summed E-state index contributed by atoms with van der Waals surface area (Å²) in [7, 11) is 0. The van der Waals surface area contributed by atoms with E-state index >= 15 is 0 Å². The summed E-state index contributed by atoms with van der Waals surface area (Å²) in [5.74, 6) is 0.176. The summed E-state index contributed by atoms with van der Waals surface area (Å²) in [6, 6.07) is 5.85. The van der Waals surface area contributed by atoms with Crippen molar-refractivity contribution >= 4 is 103 Å². The molecule has 0 heterocycles. The van der Waals surface area contributed by atoms with Crippen molar-refractivity contribution in [1.29, 1.82) is 0 Å². The molecule has 0 atom stereocenters. The first-order valence-electron chi connectivity index (χ1n) is 2.27. The molecule has 10 heavy (non-hydrogen) atoms. The number of aromatic hydroxyl groups is 2. The first-order valence-corrected chi connectivity index (χ1v) is 2.27. The molecular formula is C6H8K2O2. The molecule has 0 spiro atoms. The standard InChI is InChI=1S/C6H6O2.2K.2H/c7-5-2-1-3-6(8)4-5;;;;/h1-4,7-8H;;;;. The molecule has 0 amide bonds. The second kappa shape index (κ2) is 7.73. The zero-order valence-electron chi connectivity index (χ0n) is 4.20. The van der Waals surface area contributed by atoms with Crippen molar-refractivity contribution in [3.8, 4) is 11.5 Å². The monoisotopic (exact) mass is 190 g/mol. The molecule has 0 radical (unpaired) electrons. The van der Waals surface area contributed by atoms with E-state index in [0.29, 0.717) is 0 Å². The summed E-state index contributed by atoms with van der Waals surface area (Å²) in [4.78, 5) is 0. The minimum atomic E-state index is 0. The van der Waals surface area contributed by atoms with Gasteiger partial charge in [-0.3, -0.25) is 0 Å². The van der Waals surface area contributed by atoms with Gasteiger partial charge in [-0.15, -0.1) is 0 Å². The fraction of sp³-hybridized carbons (Fsp3) is 0. The average Bonchev–Trinajstić information content (AvgIpc) is 1.64. The molecule has 0 unspecified atom stereocenters. The molecule has 0 saturated heterocycles. The summed E-state index contributed by atoms with van der Waals surface area (Å²) in [5, 5.41) is 17.3. The van der Waals surface area contributed by atoms with Crippen molar-refractivity contribution in [2.45, 2.75) is 0 Å². The number of hydrogen-bond donors (Lipinski definition) is 2.